The van der Waals surface area contributed by atoms with Crippen molar-refractivity contribution in [1.29, 1.82) is 0 Å². The number of hydrogen-bond acceptors (Lipinski definition) is 3. The number of pyridine rings is 1. The quantitative estimate of drug-likeness (QED) is 0.750. The van der Waals surface area contributed by atoms with Crippen LogP contribution in [0.5, 0.6) is 0 Å². The van der Waals surface area contributed by atoms with Gasteiger partial charge in [0.25, 0.3) is 0 Å². The second kappa shape index (κ2) is 4.63. The number of rotatable bonds is 4. The molecule has 72 valence electrons. The highest BCUT2D eigenvalue weighted by atomic mass is 32.2. The summed E-state index contributed by atoms with van der Waals surface area (Å²) in [6.07, 6.45) is 2.91. The first-order chi connectivity index (χ1) is 6.14. The third-order valence-corrected chi connectivity index (χ3v) is 3.06. The lowest BCUT2D eigenvalue weighted by Crippen LogP contribution is -2.33. The summed E-state index contributed by atoms with van der Waals surface area (Å²) in [5.74, 6) is 0. The molecule has 1 aromatic rings. The molecule has 0 unspecified atom stereocenters. The molecule has 0 aromatic carbocycles. The Labute approximate surface area is 84.3 Å². The van der Waals surface area contributed by atoms with E-state index in [1.54, 1.807) is 11.9 Å². The van der Waals surface area contributed by atoms with E-state index in [9.17, 15) is 0 Å². The average molecular weight is 196 g/mol. The van der Waals surface area contributed by atoms with Gasteiger partial charge in [-0.1, -0.05) is 13.0 Å². The van der Waals surface area contributed by atoms with Crippen molar-refractivity contribution >= 4 is 11.9 Å². The van der Waals surface area contributed by atoms with Crippen LogP contribution in [0.4, 0.5) is 0 Å². The highest BCUT2D eigenvalue weighted by Crippen LogP contribution is 2.17. The van der Waals surface area contributed by atoms with Crippen LogP contribution in [0.15, 0.2) is 29.4 Å². The maximum Gasteiger partial charge on any atom is 0.111 e. The zero-order chi connectivity index (χ0) is 9.73. The van der Waals surface area contributed by atoms with Gasteiger partial charge in [-0.05, 0) is 44.3 Å². The summed E-state index contributed by atoms with van der Waals surface area (Å²) < 4.78 is 3.38. The summed E-state index contributed by atoms with van der Waals surface area (Å²) in [4.78, 5) is 4.22. The van der Waals surface area contributed by atoms with Crippen LogP contribution in [0.1, 0.15) is 27.2 Å². The van der Waals surface area contributed by atoms with E-state index < -0.39 is 0 Å². The molecule has 0 saturated heterocycles. The first-order valence-electron chi connectivity index (χ1n) is 4.49. The Hall–Kier alpha value is -0.540. The van der Waals surface area contributed by atoms with Gasteiger partial charge in [0.15, 0.2) is 0 Å². The molecule has 0 spiro atoms. The van der Waals surface area contributed by atoms with Crippen molar-refractivity contribution in [1.82, 2.24) is 9.71 Å². The number of aromatic nitrogens is 1. The largest absolute Gasteiger partial charge is 0.253 e. The molecule has 0 aliphatic carbocycles. The van der Waals surface area contributed by atoms with E-state index in [-0.39, 0.29) is 5.54 Å². The molecule has 0 bridgehead atoms. The van der Waals surface area contributed by atoms with Gasteiger partial charge in [-0.3, -0.25) is 4.72 Å². The third kappa shape index (κ3) is 3.79. The van der Waals surface area contributed by atoms with Gasteiger partial charge in [-0.15, -0.1) is 0 Å². The van der Waals surface area contributed by atoms with Gasteiger partial charge >= 0.3 is 0 Å². The number of nitrogens with zero attached hydrogens (tertiary/aromatic N) is 1. The van der Waals surface area contributed by atoms with E-state index in [1.807, 2.05) is 24.4 Å². The Bertz CT molecular complexity index is 246. The fourth-order valence-corrected chi connectivity index (χ4v) is 1.46. The predicted molar refractivity (Wildman–Crippen MR) is 57.6 cm³/mol. The lowest BCUT2D eigenvalue weighted by atomic mass is 10.0. The van der Waals surface area contributed by atoms with Gasteiger partial charge in [0.2, 0.25) is 0 Å². The molecular weight excluding hydrogens is 180 g/mol. The Kier molecular flexibility index (Phi) is 3.75. The molecular formula is C10H16N2S. The Morgan fingerprint density at radius 2 is 2.23 bits per heavy atom. The molecule has 0 radical (unpaired) electrons. The van der Waals surface area contributed by atoms with Crippen molar-refractivity contribution in [3.05, 3.63) is 24.4 Å². The van der Waals surface area contributed by atoms with Gasteiger partial charge in [0.1, 0.15) is 5.03 Å². The summed E-state index contributed by atoms with van der Waals surface area (Å²) in [6.45, 7) is 6.54. The van der Waals surface area contributed by atoms with E-state index in [1.165, 1.54) is 0 Å². The van der Waals surface area contributed by atoms with E-state index in [2.05, 4.69) is 30.5 Å². The molecule has 0 fully saturated rings. The Morgan fingerprint density at radius 3 is 2.77 bits per heavy atom. The fourth-order valence-electron chi connectivity index (χ4n) is 0.670. The fraction of sp³-hybridized carbons (Fsp3) is 0.500. The Morgan fingerprint density at radius 1 is 1.46 bits per heavy atom. The lowest BCUT2D eigenvalue weighted by molar-refractivity contribution is 0.464. The second-order valence-corrected chi connectivity index (χ2v) is 4.44. The smallest absolute Gasteiger partial charge is 0.111 e. The average Bonchev–Trinajstić information content (AvgIpc) is 2.17. The molecule has 0 aliphatic rings. The highest BCUT2D eigenvalue weighted by molar-refractivity contribution is 7.97. The molecule has 3 heteroatoms. The van der Waals surface area contributed by atoms with E-state index >= 15 is 0 Å². The molecule has 0 atom stereocenters. The standard InChI is InChI=1S/C10H16N2S/c1-4-10(2,3)12-13-9-7-5-6-8-11-9/h5-8,12H,4H2,1-3H3. The van der Waals surface area contributed by atoms with Crippen LogP contribution in [-0.4, -0.2) is 10.5 Å². The Balaban J connectivity index is 2.44. The van der Waals surface area contributed by atoms with E-state index in [0.717, 1.165) is 11.4 Å². The summed E-state index contributed by atoms with van der Waals surface area (Å²) in [5.41, 5.74) is 0.169. The van der Waals surface area contributed by atoms with Crippen LogP contribution in [0, 0.1) is 0 Å². The summed E-state index contributed by atoms with van der Waals surface area (Å²) in [6, 6.07) is 5.92. The summed E-state index contributed by atoms with van der Waals surface area (Å²) >= 11 is 1.59. The van der Waals surface area contributed by atoms with Gasteiger partial charge in [-0.2, -0.15) is 0 Å². The molecule has 0 saturated carbocycles. The maximum absolute atomic E-state index is 4.22. The minimum absolute atomic E-state index is 0.169. The van der Waals surface area contributed by atoms with Crippen molar-refractivity contribution in [3.8, 4) is 0 Å². The molecule has 2 nitrogen and oxygen atoms in total. The van der Waals surface area contributed by atoms with Crippen molar-refractivity contribution < 1.29 is 0 Å². The summed E-state index contributed by atoms with van der Waals surface area (Å²) in [7, 11) is 0. The first kappa shape index (κ1) is 10.5. The summed E-state index contributed by atoms with van der Waals surface area (Å²) in [5, 5.41) is 1.02. The molecule has 0 aliphatic heterocycles. The van der Waals surface area contributed by atoms with Crippen LogP contribution in [0.2, 0.25) is 0 Å². The normalized spacial score (nSPS) is 11.6. The topological polar surface area (TPSA) is 24.9 Å². The minimum atomic E-state index is 0.169. The van der Waals surface area contributed by atoms with Gasteiger partial charge in [0, 0.05) is 11.7 Å². The minimum Gasteiger partial charge on any atom is -0.253 e. The van der Waals surface area contributed by atoms with Crippen LogP contribution in [-0.2, 0) is 0 Å². The lowest BCUT2D eigenvalue weighted by Gasteiger charge is -2.23. The van der Waals surface area contributed by atoms with Gasteiger partial charge in [-0.25, -0.2) is 4.98 Å². The second-order valence-electron chi connectivity index (χ2n) is 3.61. The van der Waals surface area contributed by atoms with Crippen LogP contribution >= 0.6 is 11.9 Å². The van der Waals surface area contributed by atoms with Crippen LogP contribution in [0.25, 0.3) is 0 Å². The van der Waals surface area contributed by atoms with Crippen molar-refractivity contribution in [2.45, 2.75) is 37.8 Å². The SMILES string of the molecule is CCC(C)(C)NSc1ccccn1. The zero-order valence-corrected chi connectivity index (χ0v) is 9.19. The molecule has 0 amide bonds. The first-order valence-corrected chi connectivity index (χ1v) is 5.31. The molecule has 1 heterocycles. The third-order valence-electron chi connectivity index (χ3n) is 1.95. The molecule has 13 heavy (non-hydrogen) atoms. The van der Waals surface area contributed by atoms with E-state index in [0.29, 0.717) is 0 Å². The molecule has 1 aromatic heterocycles. The van der Waals surface area contributed by atoms with Crippen molar-refractivity contribution in [2.24, 2.45) is 0 Å². The van der Waals surface area contributed by atoms with Gasteiger partial charge in [0.05, 0.1) is 0 Å². The zero-order valence-electron chi connectivity index (χ0n) is 8.37. The number of nitrogens with one attached hydrogen (secondary N) is 1. The molecule has 1 rings (SSSR count). The van der Waals surface area contributed by atoms with E-state index in [4.69, 9.17) is 0 Å². The monoisotopic (exact) mass is 196 g/mol. The highest BCUT2D eigenvalue weighted by Gasteiger charge is 2.14. The predicted octanol–water partition coefficient (Wildman–Crippen LogP) is 2.87. The van der Waals surface area contributed by atoms with Crippen molar-refractivity contribution in [2.75, 3.05) is 0 Å². The van der Waals surface area contributed by atoms with Gasteiger partial charge < -0.3 is 0 Å². The number of hydrogen-bond donors (Lipinski definition) is 1. The maximum atomic E-state index is 4.22. The van der Waals surface area contributed by atoms with Crippen LogP contribution < -0.4 is 4.72 Å². The van der Waals surface area contributed by atoms with Crippen molar-refractivity contribution in [3.63, 3.8) is 0 Å². The van der Waals surface area contributed by atoms with Crippen LogP contribution in [0.3, 0.4) is 0 Å². The molecule has 1 N–H and O–H groups in total.